The van der Waals surface area contributed by atoms with Gasteiger partial charge in [-0.05, 0) is 37.6 Å². The number of carbonyl (C=O) groups is 1. The molecule has 0 unspecified atom stereocenters. The Bertz CT molecular complexity index is 704. The van der Waals surface area contributed by atoms with Gasteiger partial charge in [-0.1, -0.05) is 35.9 Å². The summed E-state index contributed by atoms with van der Waals surface area (Å²) in [7, 11) is 0. The molecule has 1 amide bonds. The fourth-order valence-corrected chi connectivity index (χ4v) is 2.55. The minimum atomic E-state index is 0.0217. The highest BCUT2D eigenvalue weighted by atomic mass is 16.2. The van der Waals surface area contributed by atoms with E-state index in [1.54, 1.807) is 11.0 Å². The van der Waals surface area contributed by atoms with E-state index >= 15 is 0 Å². The van der Waals surface area contributed by atoms with Crippen molar-refractivity contribution in [2.45, 2.75) is 13.8 Å². The van der Waals surface area contributed by atoms with E-state index in [1.165, 1.54) is 11.1 Å². The number of aryl methyl sites for hydroxylation is 2. The lowest BCUT2D eigenvalue weighted by Gasteiger charge is -2.17. The van der Waals surface area contributed by atoms with Crippen LogP contribution in [0.3, 0.4) is 0 Å². The lowest BCUT2D eigenvalue weighted by molar-refractivity contribution is -0.113. The van der Waals surface area contributed by atoms with Crippen molar-refractivity contribution in [3.8, 4) is 0 Å². The number of rotatable bonds is 3. The summed E-state index contributed by atoms with van der Waals surface area (Å²) in [5.41, 5.74) is 5.32. The minimum absolute atomic E-state index is 0.0217. The van der Waals surface area contributed by atoms with E-state index in [0.29, 0.717) is 6.54 Å². The summed E-state index contributed by atoms with van der Waals surface area (Å²) < 4.78 is 0. The maximum Gasteiger partial charge on any atom is 0.253 e. The fraction of sp³-hybridized carbons (Fsp3) is 0.167. The lowest BCUT2D eigenvalue weighted by Crippen LogP contribution is -2.25. The largest absolute Gasteiger partial charge is 0.357 e. The van der Waals surface area contributed by atoms with Crippen LogP contribution in [-0.2, 0) is 4.79 Å². The molecule has 0 spiro atoms. The van der Waals surface area contributed by atoms with Crippen LogP contribution in [-0.4, -0.2) is 12.5 Å². The minimum Gasteiger partial charge on any atom is -0.357 e. The monoisotopic (exact) mass is 278 g/mol. The quantitative estimate of drug-likeness (QED) is 0.929. The zero-order valence-electron chi connectivity index (χ0n) is 12.3. The number of carbonyl (C=O) groups excluding carboxylic acids is 1. The number of nitrogens with one attached hydrogen (secondary N) is 1. The van der Waals surface area contributed by atoms with Crippen molar-refractivity contribution in [2.24, 2.45) is 0 Å². The summed E-state index contributed by atoms with van der Waals surface area (Å²) in [6, 6.07) is 16.0. The molecule has 0 atom stereocenters. The normalized spacial score (nSPS) is 14.3. The van der Waals surface area contributed by atoms with Gasteiger partial charge in [0.05, 0.1) is 6.54 Å². The molecule has 0 aliphatic carbocycles. The first kappa shape index (κ1) is 13.4. The molecule has 0 aromatic heterocycles. The Morgan fingerprint density at radius 1 is 1.05 bits per heavy atom. The molecule has 0 saturated heterocycles. The number of para-hydroxylation sites is 1. The SMILES string of the molecule is Cc1ccc(NC2=CC(=O)N(c3ccccc3)C2)c(C)c1. The van der Waals surface area contributed by atoms with Crippen molar-refractivity contribution in [1.29, 1.82) is 0 Å². The number of hydrogen-bond donors (Lipinski definition) is 1. The Morgan fingerprint density at radius 3 is 2.52 bits per heavy atom. The molecule has 3 rings (SSSR count). The molecule has 106 valence electrons. The molecule has 0 fully saturated rings. The highest BCUT2D eigenvalue weighted by Crippen LogP contribution is 2.23. The summed E-state index contributed by atoms with van der Waals surface area (Å²) in [4.78, 5) is 13.9. The van der Waals surface area contributed by atoms with Gasteiger partial charge < -0.3 is 10.2 Å². The van der Waals surface area contributed by atoms with Crippen LogP contribution in [0.15, 0.2) is 60.3 Å². The number of nitrogens with zero attached hydrogens (tertiary/aromatic N) is 1. The molecule has 0 saturated carbocycles. The summed E-state index contributed by atoms with van der Waals surface area (Å²) in [6.45, 7) is 4.73. The Labute approximate surface area is 124 Å². The summed E-state index contributed by atoms with van der Waals surface area (Å²) in [5.74, 6) is 0.0217. The van der Waals surface area contributed by atoms with Crippen molar-refractivity contribution in [2.75, 3.05) is 16.8 Å². The van der Waals surface area contributed by atoms with Gasteiger partial charge in [0, 0.05) is 23.1 Å². The van der Waals surface area contributed by atoms with Crippen molar-refractivity contribution >= 4 is 17.3 Å². The van der Waals surface area contributed by atoms with E-state index in [-0.39, 0.29) is 5.91 Å². The van der Waals surface area contributed by atoms with Gasteiger partial charge in [-0.3, -0.25) is 4.79 Å². The molecular formula is C18H18N2O. The highest BCUT2D eigenvalue weighted by Gasteiger charge is 2.22. The second kappa shape index (κ2) is 5.44. The second-order valence-corrected chi connectivity index (χ2v) is 5.37. The van der Waals surface area contributed by atoms with Crippen molar-refractivity contribution in [3.05, 3.63) is 71.4 Å². The van der Waals surface area contributed by atoms with Crippen LogP contribution in [0.25, 0.3) is 0 Å². The Kier molecular flexibility index (Phi) is 3.48. The molecule has 0 radical (unpaired) electrons. The molecule has 1 heterocycles. The average molecular weight is 278 g/mol. The number of amides is 1. The van der Waals surface area contributed by atoms with Crippen LogP contribution in [0, 0.1) is 13.8 Å². The molecule has 21 heavy (non-hydrogen) atoms. The molecule has 3 nitrogen and oxygen atoms in total. The summed E-state index contributed by atoms with van der Waals surface area (Å²) in [6.07, 6.45) is 1.67. The second-order valence-electron chi connectivity index (χ2n) is 5.37. The molecule has 2 aromatic rings. The third-order valence-electron chi connectivity index (χ3n) is 3.64. The van der Waals surface area contributed by atoms with E-state index in [4.69, 9.17) is 0 Å². The van der Waals surface area contributed by atoms with Gasteiger partial charge in [-0.2, -0.15) is 0 Å². The van der Waals surface area contributed by atoms with Crippen molar-refractivity contribution in [3.63, 3.8) is 0 Å². The molecular weight excluding hydrogens is 260 g/mol. The van der Waals surface area contributed by atoms with E-state index in [1.807, 2.05) is 30.3 Å². The van der Waals surface area contributed by atoms with Crippen LogP contribution in [0.5, 0.6) is 0 Å². The van der Waals surface area contributed by atoms with Crippen LogP contribution in [0.1, 0.15) is 11.1 Å². The Hall–Kier alpha value is -2.55. The van der Waals surface area contributed by atoms with E-state index < -0.39 is 0 Å². The highest BCUT2D eigenvalue weighted by molar-refractivity contribution is 6.05. The van der Waals surface area contributed by atoms with E-state index in [2.05, 4.69) is 37.4 Å². The molecule has 1 N–H and O–H groups in total. The Balaban J connectivity index is 1.77. The smallest absolute Gasteiger partial charge is 0.253 e. The number of benzene rings is 2. The third kappa shape index (κ3) is 2.82. The standard InChI is InChI=1S/C18H18N2O/c1-13-8-9-17(14(2)10-13)19-15-11-18(21)20(12-15)16-6-4-3-5-7-16/h3-11,19H,12H2,1-2H3. The summed E-state index contributed by atoms with van der Waals surface area (Å²) >= 11 is 0. The number of anilines is 2. The zero-order chi connectivity index (χ0) is 14.8. The molecule has 1 aliphatic rings. The number of hydrogen-bond acceptors (Lipinski definition) is 2. The first-order valence-electron chi connectivity index (χ1n) is 7.05. The van der Waals surface area contributed by atoms with Gasteiger partial charge >= 0.3 is 0 Å². The maximum absolute atomic E-state index is 12.1. The average Bonchev–Trinajstić information content (AvgIpc) is 2.84. The maximum atomic E-state index is 12.1. The fourth-order valence-electron chi connectivity index (χ4n) is 2.55. The lowest BCUT2D eigenvalue weighted by atomic mass is 10.1. The van der Waals surface area contributed by atoms with Gasteiger partial charge in [0.2, 0.25) is 0 Å². The molecule has 1 aliphatic heterocycles. The topological polar surface area (TPSA) is 32.3 Å². The van der Waals surface area contributed by atoms with Crippen molar-refractivity contribution in [1.82, 2.24) is 0 Å². The van der Waals surface area contributed by atoms with Gasteiger partial charge in [0.25, 0.3) is 5.91 Å². The summed E-state index contributed by atoms with van der Waals surface area (Å²) in [5, 5.41) is 3.37. The Morgan fingerprint density at radius 2 is 1.81 bits per heavy atom. The van der Waals surface area contributed by atoms with Crippen molar-refractivity contribution < 1.29 is 4.79 Å². The van der Waals surface area contributed by atoms with E-state index in [9.17, 15) is 4.79 Å². The van der Waals surface area contributed by atoms with Crippen LogP contribution >= 0.6 is 0 Å². The zero-order valence-corrected chi connectivity index (χ0v) is 12.3. The van der Waals surface area contributed by atoms with Crippen LogP contribution in [0.2, 0.25) is 0 Å². The van der Waals surface area contributed by atoms with Gasteiger partial charge in [0.15, 0.2) is 0 Å². The molecule has 3 heteroatoms. The first-order valence-corrected chi connectivity index (χ1v) is 7.05. The molecule has 2 aromatic carbocycles. The van der Waals surface area contributed by atoms with Gasteiger partial charge in [0.1, 0.15) is 0 Å². The predicted octanol–water partition coefficient (Wildman–Crippen LogP) is 3.65. The first-order chi connectivity index (χ1) is 10.1. The van der Waals surface area contributed by atoms with Gasteiger partial charge in [-0.25, -0.2) is 0 Å². The third-order valence-corrected chi connectivity index (χ3v) is 3.64. The predicted molar refractivity (Wildman–Crippen MR) is 86.4 cm³/mol. The van der Waals surface area contributed by atoms with Gasteiger partial charge in [-0.15, -0.1) is 0 Å². The van der Waals surface area contributed by atoms with E-state index in [0.717, 1.165) is 17.1 Å². The van der Waals surface area contributed by atoms with Crippen LogP contribution < -0.4 is 10.2 Å². The van der Waals surface area contributed by atoms with Crippen LogP contribution in [0.4, 0.5) is 11.4 Å². The molecule has 0 bridgehead atoms.